The van der Waals surface area contributed by atoms with Crippen molar-refractivity contribution in [1.82, 2.24) is 0 Å². The molecular weight excluding hydrogens is 291 g/mol. The molecule has 0 saturated carbocycles. The molecule has 0 aliphatic carbocycles. The molecule has 3 heteroatoms. The minimum atomic E-state index is -0.764. The van der Waals surface area contributed by atoms with Crippen LogP contribution in [-0.4, -0.2) is 5.11 Å². The fourth-order valence-electron chi connectivity index (χ4n) is 2.54. The molecule has 1 unspecified atom stereocenters. The maximum atomic E-state index is 10.8. The van der Waals surface area contributed by atoms with Gasteiger partial charge in [0.05, 0.1) is 0 Å². The van der Waals surface area contributed by atoms with E-state index in [-0.39, 0.29) is 0 Å². The first-order chi connectivity index (χ1) is 9.32. The monoisotopic (exact) mass is 308 g/mol. The largest absolute Gasteiger partial charge is 0.384 e. The third-order valence-corrected chi connectivity index (χ3v) is 4.53. The summed E-state index contributed by atoms with van der Waals surface area (Å²) < 4.78 is 0. The molecule has 0 amide bonds. The minimum Gasteiger partial charge on any atom is -0.384 e. The van der Waals surface area contributed by atoms with Gasteiger partial charge in [0.25, 0.3) is 0 Å². The Kier molecular flexibility index (Phi) is 4.43. The lowest BCUT2D eigenvalue weighted by Crippen LogP contribution is -2.08. The SMILES string of the molecule is Cc1cc(C)c(C)c(C(O)c2cc(Cl)ccc2Cl)c1C. The third kappa shape index (κ3) is 2.71. The Balaban J connectivity index is 2.65. The summed E-state index contributed by atoms with van der Waals surface area (Å²) >= 11 is 12.2. The summed E-state index contributed by atoms with van der Waals surface area (Å²) in [7, 11) is 0. The zero-order chi connectivity index (χ0) is 15.0. The van der Waals surface area contributed by atoms with E-state index in [9.17, 15) is 5.11 Å². The van der Waals surface area contributed by atoms with E-state index in [1.54, 1.807) is 18.2 Å². The second kappa shape index (κ2) is 5.77. The summed E-state index contributed by atoms with van der Waals surface area (Å²) in [6.45, 7) is 8.16. The summed E-state index contributed by atoms with van der Waals surface area (Å²) in [6, 6.07) is 7.31. The van der Waals surface area contributed by atoms with Crippen molar-refractivity contribution >= 4 is 23.2 Å². The van der Waals surface area contributed by atoms with Crippen molar-refractivity contribution in [2.75, 3.05) is 0 Å². The molecule has 0 radical (unpaired) electrons. The van der Waals surface area contributed by atoms with Crippen molar-refractivity contribution in [3.63, 3.8) is 0 Å². The summed E-state index contributed by atoms with van der Waals surface area (Å²) in [5.41, 5.74) is 6.09. The summed E-state index contributed by atoms with van der Waals surface area (Å²) in [5.74, 6) is 0. The number of aliphatic hydroxyl groups is 1. The van der Waals surface area contributed by atoms with Gasteiger partial charge in [0, 0.05) is 15.6 Å². The van der Waals surface area contributed by atoms with Crippen LogP contribution >= 0.6 is 23.2 Å². The maximum Gasteiger partial charge on any atom is 0.106 e. The number of halogens is 2. The maximum absolute atomic E-state index is 10.8. The van der Waals surface area contributed by atoms with Crippen LogP contribution in [0.25, 0.3) is 0 Å². The van der Waals surface area contributed by atoms with E-state index >= 15 is 0 Å². The van der Waals surface area contributed by atoms with E-state index in [1.165, 1.54) is 11.1 Å². The Morgan fingerprint density at radius 2 is 1.45 bits per heavy atom. The summed E-state index contributed by atoms with van der Waals surface area (Å²) in [5, 5.41) is 11.9. The van der Waals surface area contributed by atoms with Crippen molar-refractivity contribution in [3.05, 3.63) is 67.7 Å². The molecule has 1 N–H and O–H groups in total. The standard InChI is InChI=1S/C17H18Cl2O/c1-9-7-10(2)12(4)16(11(9)3)17(20)14-8-13(18)5-6-15(14)19/h5-8,17,20H,1-4H3. The highest BCUT2D eigenvalue weighted by molar-refractivity contribution is 6.33. The van der Waals surface area contributed by atoms with E-state index in [2.05, 4.69) is 19.9 Å². The van der Waals surface area contributed by atoms with Crippen molar-refractivity contribution in [2.45, 2.75) is 33.8 Å². The molecule has 2 aromatic rings. The van der Waals surface area contributed by atoms with Gasteiger partial charge in [0.1, 0.15) is 6.10 Å². The Morgan fingerprint density at radius 3 is 2.00 bits per heavy atom. The topological polar surface area (TPSA) is 20.2 Å². The Bertz CT molecular complexity index is 636. The average Bonchev–Trinajstić information content (AvgIpc) is 2.39. The fourth-order valence-corrected chi connectivity index (χ4v) is 2.94. The zero-order valence-electron chi connectivity index (χ0n) is 12.1. The first-order valence-corrected chi connectivity index (χ1v) is 7.28. The van der Waals surface area contributed by atoms with Gasteiger partial charge in [-0.3, -0.25) is 0 Å². The second-order valence-electron chi connectivity index (χ2n) is 5.24. The van der Waals surface area contributed by atoms with Crippen molar-refractivity contribution in [3.8, 4) is 0 Å². The Morgan fingerprint density at radius 1 is 0.900 bits per heavy atom. The first kappa shape index (κ1) is 15.4. The number of aryl methyl sites for hydroxylation is 2. The van der Waals surface area contributed by atoms with Crippen molar-refractivity contribution < 1.29 is 5.11 Å². The van der Waals surface area contributed by atoms with Gasteiger partial charge in [-0.25, -0.2) is 0 Å². The van der Waals surface area contributed by atoms with Crippen LogP contribution in [0.2, 0.25) is 10.0 Å². The van der Waals surface area contributed by atoms with Crippen LogP contribution in [0.5, 0.6) is 0 Å². The molecule has 2 aromatic carbocycles. The van der Waals surface area contributed by atoms with Gasteiger partial charge in [-0.05, 0) is 73.7 Å². The smallest absolute Gasteiger partial charge is 0.106 e. The molecule has 1 nitrogen and oxygen atoms in total. The number of hydrogen-bond acceptors (Lipinski definition) is 1. The van der Waals surface area contributed by atoms with Crippen LogP contribution in [0.4, 0.5) is 0 Å². The lowest BCUT2D eigenvalue weighted by molar-refractivity contribution is 0.218. The molecule has 2 rings (SSSR count). The molecule has 1 atom stereocenters. The number of hydrogen-bond donors (Lipinski definition) is 1. The van der Waals surface area contributed by atoms with Crippen LogP contribution in [0.3, 0.4) is 0 Å². The molecule has 0 aromatic heterocycles. The van der Waals surface area contributed by atoms with Gasteiger partial charge in [0.2, 0.25) is 0 Å². The highest BCUT2D eigenvalue weighted by atomic mass is 35.5. The quantitative estimate of drug-likeness (QED) is 0.797. The minimum absolute atomic E-state index is 0.528. The highest BCUT2D eigenvalue weighted by Crippen LogP contribution is 2.35. The van der Waals surface area contributed by atoms with Gasteiger partial charge in [0.15, 0.2) is 0 Å². The Hall–Kier alpha value is -1.02. The van der Waals surface area contributed by atoms with Crippen molar-refractivity contribution in [2.24, 2.45) is 0 Å². The average molecular weight is 309 g/mol. The molecular formula is C17H18Cl2O. The molecule has 0 aliphatic heterocycles. The van der Waals surface area contributed by atoms with E-state index in [4.69, 9.17) is 23.2 Å². The van der Waals surface area contributed by atoms with Crippen molar-refractivity contribution in [1.29, 1.82) is 0 Å². The normalized spacial score (nSPS) is 12.6. The molecule has 0 saturated heterocycles. The molecule has 0 spiro atoms. The molecule has 106 valence electrons. The fraction of sp³-hybridized carbons (Fsp3) is 0.294. The van der Waals surface area contributed by atoms with E-state index in [0.29, 0.717) is 15.6 Å². The molecule has 0 aliphatic rings. The predicted molar refractivity (Wildman–Crippen MR) is 85.9 cm³/mol. The molecule has 0 bridgehead atoms. The Labute approximate surface area is 130 Å². The van der Waals surface area contributed by atoms with Crippen LogP contribution in [0, 0.1) is 27.7 Å². The third-order valence-electron chi connectivity index (χ3n) is 3.95. The summed E-state index contributed by atoms with van der Waals surface area (Å²) in [6.07, 6.45) is -0.764. The summed E-state index contributed by atoms with van der Waals surface area (Å²) in [4.78, 5) is 0. The number of aliphatic hydroxyl groups excluding tert-OH is 1. The lowest BCUT2D eigenvalue weighted by atomic mass is 9.88. The van der Waals surface area contributed by atoms with E-state index in [1.807, 2.05) is 13.8 Å². The van der Waals surface area contributed by atoms with E-state index in [0.717, 1.165) is 16.7 Å². The predicted octanol–water partition coefficient (Wildman–Crippen LogP) is 5.31. The van der Waals surface area contributed by atoms with Gasteiger partial charge < -0.3 is 5.11 Å². The van der Waals surface area contributed by atoms with Gasteiger partial charge >= 0.3 is 0 Å². The van der Waals surface area contributed by atoms with Crippen LogP contribution in [0.15, 0.2) is 24.3 Å². The van der Waals surface area contributed by atoms with Gasteiger partial charge in [-0.1, -0.05) is 29.3 Å². The lowest BCUT2D eigenvalue weighted by Gasteiger charge is -2.21. The zero-order valence-corrected chi connectivity index (χ0v) is 13.6. The number of benzene rings is 2. The van der Waals surface area contributed by atoms with Crippen LogP contribution < -0.4 is 0 Å². The first-order valence-electron chi connectivity index (χ1n) is 6.53. The van der Waals surface area contributed by atoms with Crippen LogP contribution in [0.1, 0.15) is 39.5 Å². The molecule has 20 heavy (non-hydrogen) atoms. The second-order valence-corrected chi connectivity index (χ2v) is 6.09. The highest BCUT2D eigenvalue weighted by Gasteiger charge is 2.20. The van der Waals surface area contributed by atoms with Crippen LogP contribution in [-0.2, 0) is 0 Å². The molecule has 0 fully saturated rings. The number of rotatable bonds is 2. The van der Waals surface area contributed by atoms with Gasteiger partial charge in [-0.15, -0.1) is 0 Å². The van der Waals surface area contributed by atoms with E-state index < -0.39 is 6.10 Å². The molecule has 0 heterocycles. The van der Waals surface area contributed by atoms with Gasteiger partial charge in [-0.2, -0.15) is 0 Å².